The number of rotatable bonds is 4. The molecule has 0 fully saturated rings. The Labute approximate surface area is 77.8 Å². The second kappa shape index (κ2) is 3.89. The van der Waals surface area contributed by atoms with E-state index in [9.17, 15) is 8.42 Å². The van der Waals surface area contributed by atoms with Crippen LogP contribution in [0.4, 0.5) is 0 Å². The summed E-state index contributed by atoms with van der Waals surface area (Å²) in [6.45, 7) is 2.34. The van der Waals surface area contributed by atoms with Gasteiger partial charge in [0.1, 0.15) is 0 Å². The molecular weight excluding hydrogens is 190 g/mol. The van der Waals surface area contributed by atoms with E-state index in [4.69, 9.17) is 0 Å². The molecule has 1 heterocycles. The molecule has 1 N–H and O–H groups in total. The molecule has 1 aromatic rings. The van der Waals surface area contributed by atoms with Gasteiger partial charge in [0.25, 0.3) is 0 Å². The van der Waals surface area contributed by atoms with Crippen LogP contribution in [0.3, 0.4) is 0 Å². The lowest BCUT2D eigenvalue weighted by Gasteiger charge is -2.11. The third-order valence-corrected chi connectivity index (χ3v) is 2.27. The molecule has 0 saturated heterocycles. The van der Waals surface area contributed by atoms with E-state index in [0.29, 0.717) is 6.54 Å². The van der Waals surface area contributed by atoms with Crippen LogP contribution >= 0.6 is 0 Å². The van der Waals surface area contributed by atoms with E-state index in [2.05, 4.69) is 9.82 Å². The predicted octanol–water partition coefficient (Wildman–Crippen LogP) is -0.179. The Balaban J connectivity index is 2.47. The normalized spacial score (nSPS) is 14.3. The summed E-state index contributed by atoms with van der Waals surface area (Å²) < 4.78 is 25.8. The van der Waals surface area contributed by atoms with Crippen LogP contribution in [0.5, 0.6) is 0 Å². The first-order chi connectivity index (χ1) is 5.97. The Morgan fingerprint density at radius 2 is 2.31 bits per heavy atom. The van der Waals surface area contributed by atoms with Crippen LogP contribution in [0, 0.1) is 0 Å². The van der Waals surface area contributed by atoms with Gasteiger partial charge in [0, 0.05) is 18.4 Å². The van der Waals surface area contributed by atoms with Gasteiger partial charge in [-0.15, -0.1) is 0 Å². The molecule has 0 unspecified atom stereocenters. The second-order valence-electron chi connectivity index (χ2n) is 3.02. The van der Waals surface area contributed by atoms with E-state index in [1.807, 2.05) is 0 Å². The standard InChI is InChI=1S/C7H13N3O2S/c1-7(9-13(2,11)12)6-10-5-3-4-8-10/h3-5,7,9H,6H2,1-2H3/t7-/m0/s1. The summed E-state index contributed by atoms with van der Waals surface area (Å²) >= 11 is 0. The lowest BCUT2D eigenvalue weighted by molar-refractivity contribution is 0.496. The Kier molecular flexibility index (Phi) is 3.05. The molecule has 0 bridgehead atoms. The van der Waals surface area contributed by atoms with Crippen molar-refractivity contribution in [3.8, 4) is 0 Å². The van der Waals surface area contributed by atoms with Gasteiger partial charge in [-0.25, -0.2) is 13.1 Å². The number of hydrogen-bond donors (Lipinski definition) is 1. The molecule has 1 rings (SSSR count). The highest BCUT2D eigenvalue weighted by atomic mass is 32.2. The topological polar surface area (TPSA) is 64.0 Å². The Bertz CT molecular complexity index is 344. The second-order valence-corrected chi connectivity index (χ2v) is 4.80. The number of aromatic nitrogens is 2. The van der Waals surface area contributed by atoms with Crippen LogP contribution in [0.15, 0.2) is 18.5 Å². The average Bonchev–Trinajstić information content (AvgIpc) is 2.34. The highest BCUT2D eigenvalue weighted by Gasteiger charge is 2.08. The minimum Gasteiger partial charge on any atom is -0.271 e. The van der Waals surface area contributed by atoms with E-state index < -0.39 is 10.0 Å². The fraction of sp³-hybridized carbons (Fsp3) is 0.571. The fourth-order valence-electron chi connectivity index (χ4n) is 1.09. The van der Waals surface area contributed by atoms with Crippen molar-refractivity contribution in [2.45, 2.75) is 19.5 Å². The van der Waals surface area contributed by atoms with E-state index >= 15 is 0 Å². The highest BCUT2D eigenvalue weighted by molar-refractivity contribution is 7.88. The summed E-state index contributed by atoms with van der Waals surface area (Å²) in [5.74, 6) is 0. The van der Waals surface area contributed by atoms with Gasteiger partial charge < -0.3 is 0 Å². The van der Waals surface area contributed by atoms with Gasteiger partial charge in [0.2, 0.25) is 10.0 Å². The van der Waals surface area contributed by atoms with E-state index in [0.717, 1.165) is 6.26 Å². The molecule has 1 atom stereocenters. The third kappa shape index (κ3) is 4.05. The number of hydrogen-bond acceptors (Lipinski definition) is 3. The Morgan fingerprint density at radius 3 is 2.77 bits per heavy atom. The molecule has 1 aromatic heterocycles. The molecular formula is C7H13N3O2S. The monoisotopic (exact) mass is 203 g/mol. The Morgan fingerprint density at radius 1 is 1.62 bits per heavy atom. The summed E-state index contributed by atoms with van der Waals surface area (Å²) in [5, 5.41) is 3.97. The van der Waals surface area contributed by atoms with Crippen LogP contribution in [0.25, 0.3) is 0 Å². The summed E-state index contributed by atoms with van der Waals surface area (Å²) in [6.07, 6.45) is 4.60. The molecule has 0 amide bonds. The molecule has 0 saturated carbocycles. The first-order valence-electron chi connectivity index (χ1n) is 3.92. The van der Waals surface area contributed by atoms with Crippen LogP contribution in [0.1, 0.15) is 6.92 Å². The predicted molar refractivity (Wildman–Crippen MR) is 49.7 cm³/mol. The maximum atomic E-state index is 10.8. The Hall–Kier alpha value is -0.880. The van der Waals surface area contributed by atoms with Crippen molar-refractivity contribution in [3.05, 3.63) is 18.5 Å². The molecule has 0 radical (unpaired) electrons. The van der Waals surface area contributed by atoms with Gasteiger partial charge in [-0.3, -0.25) is 4.68 Å². The molecule has 0 aliphatic heterocycles. The maximum absolute atomic E-state index is 10.8. The summed E-state index contributed by atoms with van der Waals surface area (Å²) in [7, 11) is -3.12. The molecule has 0 aliphatic rings. The zero-order valence-electron chi connectivity index (χ0n) is 7.64. The van der Waals surface area contributed by atoms with Crippen molar-refractivity contribution in [1.29, 1.82) is 0 Å². The fourth-order valence-corrected chi connectivity index (χ4v) is 1.90. The van der Waals surface area contributed by atoms with Crippen molar-refractivity contribution in [3.63, 3.8) is 0 Å². The van der Waals surface area contributed by atoms with Crippen molar-refractivity contribution >= 4 is 10.0 Å². The molecule has 0 aromatic carbocycles. The number of nitrogens with zero attached hydrogens (tertiary/aromatic N) is 2. The van der Waals surface area contributed by atoms with Crippen LogP contribution in [-0.2, 0) is 16.6 Å². The van der Waals surface area contributed by atoms with Gasteiger partial charge >= 0.3 is 0 Å². The molecule has 13 heavy (non-hydrogen) atoms. The summed E-state index contributed by atoms with van der Waals surface area (Å²) in [6, 6.07) is 1.66. The quantitative estimate of drug-likeness (QED) is 0.738. The summed E-state index contributed by atoms with van der Waals surface area (Å²) in [4.78, 5) is 0. The maximum Gasteiger partial charge on any atom is 0.209 e. The third-order valence-electron chi connectivity index (χ3n) is 1.44. The van der Waals surface area contributed by atoms with Crippen LogP contribution in [0.2, 0.25) is 0 Å². The molecule has 6 heteroatoms. The van der Waals surface area contributed by atoms with Crippen molar-refractivity contribution in [1.82, 2.24) is 14.5 Å². The van der Waals surface area contributed by atoms with E-state index in [1.54, 1.807) is 30.1 Å². The van der Waals surface area contributed by atoms with Gasteiger partial charge in [0.05, 0.1) is 12.8 Å². The minimum absolute atomic E-state index is 0.144. The zero-order valence-corrected chi connectivity index (χ0v) is 8.45. The first kappa shape index (κ1) is 10.2. The largest absolute Gasteiger partial charge is 0.271 e. The van der Waals surface area contributed by atoms with E-state index in [-0.39, 0.29) is 6.04 Å². The van der Waals surface area contributed by atoms with Gasteiger partial charge in [-0.05, 0) is 13.0 Å². The minimum atomic E-state index is -3.12. The smallest absolute Gasteiger partial charge is 0.209 e. The van der Waals surface area contributed by atoms with Crippen molar-refractivity contribution in [2.24, 2.45) is 0 Å². The van der Waals surface area contributed by atoms with Crippen LogP contribution < -0.4 is 4.72 Å². The van der Waals surface area contributed by atoms with Gasteiger partial charge in [0.15, 0.2) is 0 Å². The van der Waals surface area contributed by atoms with Crippen LogP contribution in [-0.4, -0.2) is 30.5 Å². The van der Waals surface area contributed by atoms with Gasteiger partial charge in [-0.1, -0.05) is 0 Å². The lowest BCUT2D eigenvalue weighted by Crippen LogP contribution is -2.34. The summed E-state index contributed by atoms with van der Waals surface area (Å²) in [5.41, 5.74) is 0. The molecule has 0 spiro atoms. The molecule has 0 aliphatic carbocycles. The van der Waals surface area contributed by atoms with Gasteiger partial charge in [-0.2, -0.15) is 5.10 Å². The number of nitrogens with one attached hydrogen (secondary N) is 1. The lowest BCUT2D eigenvalue weighted by atomic mass is 10.4. The van der Waals surface area contributed by atoms with Crippen molar-refractivity contribution < 1.29 is 8.42 Å². The highest BCUT2D eigenvalue weighted by Crippen LogP contribution is 1.91. The average molecular weight is 203 g/mol. The van der Waals surface area contributed by atoms with E-state index in [1.165, 1.54) is 0 Å². The SMILES string of the molecule is C[C@@H](Cn1cccn1)NS(C)(=O)=O. The van der Waals surface area contributed by atoms with Crippen molar-refractivity contribution in [2.75, 3.05) is 6.26 Å². The zero-order chi connectivity index (χ0) is 9.90. The number of sulfonamides is 1. The molecule has 74 valence electrons. The molecule has 5 nitrogen and oxygen atoms in total. The first-order valence-corrected chi connectivity index (χ1v) is 5.81.